The third-order valence-electron chi connectivity index (χ3n) is 4.47. The summed E-state index contributed by atoms with van der Waals surface area (Å²) in [6.45, 7) is 10.5. The van der Waals surface area contributed by atoms with Gasteiger partial charge in [-0.2, -0.15) is 0 Å². The highest BCUT2D eigenvalue weighted by atomic mass is 14.9. The standard InChI is InChI=1S/C16H27N3/c1-5-13-7-8-14(9-13)16-18-11(3)15(10-17-6-2)12(4)19-16/h13-14,17H,5-10H2,1-4H3. The number of nitrogens with zero attached hydrogens (tertiary/aromatic N) is 2. The zero-order valence-electron chi connectivity index (χ0n) is 12.8. The summed E-state index contributed by atoms with van der Waals surface area (Å²) >= 11 is 0. The highest BCUT2D eigenvalue weighted by molar-refractivity contribution is 5.25. The van der Waals surface area contributed by atoms with Gasteiger partial charge in [0.1, 0.15) is 5.82 Å². The molecule has 0 aromatic carbocycles. The number of nitrogens with one attached hydrogen (secondary N) is 1. The van der Waals surface area contributed by atoms with Gasteiger partial charge in [0.25, 0.3) is 0 Å². The summed E-state index contributed by atoms with van der Waals surface area (Å²) < 4.78 is 0. The SMILES string of the molecule is CCNCc1c(C)nc(C2CCC(CC)C2)nc1C. The van der Waals surface area contributed by atoms with E-state index in [1.165, 1.54) is 31.2 Å². The smallest absolute Gasteiger partial charge is 0.131 e. The molecule has 1 fully saturated rings. The molecule has 0 amide bonds. The Morgan fingerprint density at radius 2 is 1.79 bits per heavy atom. The molecule has 0 aliphatic heterocycles. The lowest BCUT2D eigenvalue weighted by molar-refractivity contribution is 0.515. The molecule has 2 atom stereocenters. The first-order valence-corrected chi connectivity index (χ1v) is 7.70. The molecule has 2 rings (SSSR count). The quantitative estimate of drug-likeness (QED) is 0.881. The predicted molar refractivity (Wildman–Crippen MR) is 79.3 cm³/mol. The molecule has 106 valence electrons. The summed E-state index contributed by atoms with van der Waals surface area (Å²) in [5.41, 5.74) is 3.59. The van der Waals surface area contributed by atoms with E-state index in [1.54, 1.807) is 0 Å². The molecule has 3 nitrogen and oxygen atoms in total. The summed E-state index contributed by atoms with van der Waals surface area (Å²) in [6, 6.07) is 0. The van der Waals surface area contributed by atoms with E-state index < -0.39 is 0 Å². The van der Waals surface area contributed by atoms with Crippen molar-refractivity contribution >= 4 is 0 Å². The average Bonchev–Trinajstić information content (AvgIpc) is 2.86. The van der Waals surface area contributed by atoms with Gasteiger partial charge >= 0.3 is 0 Å². The molecule has 0 bridgehead atoms. The highest BCUT2D eigenvalue weighted by Gasteiger charge is 2.27. The Kier molecular flexibility index (Phi) is 4.92. The molecule has 2 unspecified atom stereocenters. The predicted octanol–water partition coefficient (Wildman–Crippen LogP) is 3.50. The number of hydrogen-bond donors (Lipinski definition) is 1. The lowest BCUT2D eigenvalue weighted by Gasteiger charge is -2.14. The fourth-order valence-electron chi connectivity index (χ4n) is 3.13. The van der Waals surface area contributed by atoms with Gasteiger partial charge in [-0.05, 0) is 45.6 Å². The van der Waals surface area contributed by atoms with E-state index in [2.05, 4.69) is 33.0 Å². The van der Waals surface area contributed by atoms with Gasteiger partial charge in [0.05, 0.1) is 0 Å². The van der Waals surface area contributed by atoms with Crippen LogP contribution in [0.3, 0.4) is 0 Å². The zero-order chi connectivity index (χ0) is 13.8. The third kappa shape index (κ3) is 3.33. The Labute approximate surface area is 117 Å². The molecular weight excluding hydrogens is 234 g/mol. The molecule has 1 aromatic rings. The lowest BCUT2D eigenvalue weighted by Crippen LogP contribution is -2.16. The number of aromatic nitrogens is 2. The summed E-state index contributed by atoms with van der Waals surface area (Å²) in [5, 5.41) is 3.37. The largest absolute Gasteiger partial charge is 0.313 e. The minimum Gasteiger partial charge on any atom is -0.313 e. The molecule has 0 spiro atoms. The second-order valence-electron chi connectivity index (χ2n) is 5.80. The van der Waals surface area contributed by atoms with E-state index in [9.17, 15) is 0 Å². The van der Waals surface area contributed by atoms with Crippen molar-refractivity contribution in [3.05, 3.63) is 22.8 Å². The highest BCUT2D eigenvalue weighted by Crippen LogP contribution is 2.38. The monoisotopic (exact) mass is 261 g/mol. The van der Waals surface area contributed by atoms with Crippen LogP contribution < -0.4 is 5.32 Å². The van der Waals surface area contributed by atoms with Crippen LogP contribution in [0.5, 0.6) is 0 Å². The van der Waals surface area contributed by atoms with E-state index in [-0.39, 0.29) is 0 Å². The first-order chi connectivity index (χ1) is 9.15. The summed E-state index contributed by atoms with van der Waals surface area (Å²) in [4.78, 5) is 9.57. The maximum Gasteiger partial charge on any atom is 0.131 e. The number of hydrogen-bond acceptors (Lipinski definition) is 3. The van der Waals surface area contributed by atoms with Crippen molar-refractivity contribution in [2.45, 2.75) is 65.8 Å². The second-order valence-corrected chi connectivity index (χ2v) is 5.80. The van der Waals surface area contributed by atoms with Gasteiger partial charge in [-0.25, -0.2) is 9.97 Å². The van der Waals surface area contributed by atoms with Gasteiger partial charge in [-0.1, -0.05) is 20.3 Å². The number of rotatable bonds is 5. The minimum atomic E-state index is 0.593. The van der Waals surface area contributed by atoms with Gasteiger partial charge in [0.15, 0.2) is 0 Å². The van der Waals surface area contributed by atoms with Crippen molar-refractivity contribution in [3.63, 3.8) is 0 Å². The normalized spacial score (nSPS) is 22.9. The molecule has 19 heavy (non-hydrogen) atoms. The third-order valence-corrected chi connectivity index (χ3v) is 4.47. The number of aryl methyl sites for hydroxylation is 2. The minimum absolute atomic E-state index is 0.593. The molecule has 1 aliphatic carbocycles. The van der Waals surface area contributed by atoms with Crippen LogP contribution in [-0.4, -0.2) is 16.5 Å². The summed E-state index contributed by atoms with van der Waals surface area (Å²) in [6.07, 6.45) is 5.20. The van der Waals surface area contributed by atoms with Crippen molar-refractivity contribution in [2.75, 3.05) is 6.54 Å². The van der Waals surface area contributed by atoms with Crippen LogP contribution in [0.1, 0.15) is 68.2 Å². The van der Waals surface area contributed by atoms with Gasteiger partial charge < -0.3 is 5.32 Å². The zero-order valence-corrected chi connectivity index (χ0v) is 12.8. The Morgan fingerprint density at radius 3 is 2.32 bits per heavy atom. The Bertz CT molecular complexity index is 405. The van der Waals surface area contributed by atoms with Crippen LogP contribution in [0.15, 0.2) is 0 Å². The Hall–Kier alpha value is -0.960. The van der Waals surface area contributed by atoms with Crippen LogP contribution in [0.2, 0.25) is 0 Å². The molecule has 1 aromatic heterocycles. The first-order valence-electron chi connectivity index (χ1n) is 7.70. The second kappa shape index (κ2) is 6.47. The molecule has 0 saturated heterocycles. The van der Waals surface area contributed by atoms with Crippen LogP contribution >= 0.6 is 0 Å². The van der Waals surface area contributed by atoms with Crippen LogP contribution in [0, 0.1) is 19.8 Å². The van der Waals surface area contributed by atoms with Crippen LogP contribution in [-0.2, 0) is 6.54 Å². The molecule has 1 aliphatic rings. The molecular formula is C16H27N3. The van der Waals surface area contributed by atoms with Crippen LogP contribution in [0.4, 0.5) is 0 Å². The summed E-state index contributed by atoms with van der Waals surface area (Å²) in [7, 11) is 0. The maximum atomic E-state index is 4.79. The van der Waals surface area contributed by atoms with Crippen molar-refractivity contribution in [2.24, 2.45) is 5.92 Å². The molecule has 1 N–H and O–H groups in total. The molecule has 3 heteroatoms. The lowest BCUT2D eigenvalue weighted by atomic mass is 10.0. The van der Waals surface area contributed by atoms with Gasteiger partial charge in [-0.3, -0.25) is 0 Å². The van der Waals surface area contributed by atoms with E-state index in [0.29, 0.717) is 5.92 Å². The maximum absolute atomic E-state index is 4.79. The van der Waals surface area contributed by atoms with E-state index >= 15 is 0 Å². The fraction of sp³-hybridized carbons (Fsp3) is 0.750. The molecule has 1 saturated carbocycles. The van der Waals surface area contributed by atoms with Gasteiger partial charge in [0.2, 0.25) is 0 Å². The van der Waals surface area contributed by atoms with E-state index in [4.69, 9.17) is 9.97 Å². The van der Waals surface area contributed by atoms with E-state index in [1.807, 2.05) is 0 Å². The summed E-state index contributed by atoms with van der Waals surface area (Å²) in [5.74, 6) is 2.57. The molecule has 1 heterocycles. The van der Waals surface area contributed by atoms with Crippen molar-refractivity contribution < 1.29 is 0 Å². The van der Waals surface area contributed by atoms with Crippen molar-refractivity contribution in [3.8, 4) is 0 Å². The fourth-order valence-corrected chi connectivity index (χ4v) is 3.13. The van der Waals surface area contributed by atoms with Crippen molar-refractivity contribution in [1.29, 1.82) is 0 Å². The van der Waals surface area contributed by atoms with Crippen molar-refractivity contribution in [1.82, 2.24) is 15.3 Å². The Balaban J connectivity index is 2.15. The molecule has 0 radical (unpaired) electrons. The Morgan fingerprint density at radius 1 is 1.11 bits per heavy atom. The average molecular weight is 261 g/mol. The van der Waals surface area contributed by atoms with Gasteiger partial charge in [0, 0.05) is 29.4 Å². The van der Waals surface area contributed by atoms with E-state index in [0.717, 1.165) is 36.2 Å². The topological polar surface area (TPSA) is 37.8 Å². The van der Waals surface area contributed by atoms with Crippen LogP contribution in [0.25, 0.3) is 0 Å². The van der Waals surface area contributed by atoms with Gasteiger partial charge in [-0.15, -0.1) is 0 Å². The first kappa shape index (κ1) is 14.4.